The molecule has 0 fully saturated rings. The Balaban J connectivity index is 4.42. The number of nitrogens with one attached hydrogen (secondary N) is 2. The van der Waals surface area contributed by atoms with Crippen LogP contribution in [0.3, 0.4) is 0 Å². The molecule has 0 aliphatic carbocycles. The van der Waals surface area contributed by atoms with Crippen LogP contribution in [-0.2, 0) is 24.2 Å². The number of carboxylic acid groups (broad SMARTS) is 3. The number of rotatable bonds is 18. The van der Waals surface area contributed by atoms with E-state index in [0.717, 1.165) is 0 Å². The van der Waals surface area contributed by atoms with Gasteiger partial charge >= 0.3 is 17.9 Å². The van der Waals surface area contributed by atoms with Crippen molar-refractivity contribution in [2.24, 2.45) is 0 Å². The molecule has 158 valence electrons. The normalized spacial score (nSPS) is 13.4. The summed E-state index contributed by atoms with van der Waals surface area (Å²) in [6.07, 6.45) is -0.251. The molecule has 2 unspecified atom stereocenters. The SMILES string of the molecule is O=C(O)CC(NCCN(CCNC(CCOO)COO)CC(=O)O)C(=O)O. The van der Waals surface area contributed by atoms with Crippen molar-refractivity contribution in [1.29, 1.82) is 0 Å². The number of aliphatic carboxylic acids is 3. The van der Waals surface area contributed by atoms with Crippen LogP contribution in [0, 0.1) is 0 Å². The smallest absolute Gasteiger partial charge is 0.321 e. The Morgan fingerprint density at radius 3 is 2.04 bits per heavy atom. The fourth-order valence-electron chi connectivity index (χ4n) is 2.24. The average molecular weight is 397 g/mol. The molecule has 0 spiro atoms. The Bertz CT molecular complexity index is 451. The lowest BCUT2D eigenvalue weighted by atomic mass is 10.2. The van der Waals surface area contributed by atoms with Gasteiger partial charge in [-0.05, 0) is 6.42 Å². The summed E-state index contributed by atoms with van der Waals surface area (Å²) in [5, 5.41) is 49.0. The number of hydrogen-bond donors (Lipinski definition) is 7. The van der Waals surface area contributed by atoms with Crippen LogP contribution < -0.4 is 10.6 Å². The quantitative estimate of drug-likeness (QED) is 0.101. The molecule has 0 aliphatic heterocycles. The van der Waals surface area contributed by atoms with E-state index in [0.29, 0.717) is 13.0 Å². The lowest BCUT2D eigenvalue weighted by Crippen LogP contribution is -2.46. The zero-order chi connectivity index (χ0) is 20.7. The highest BCUT2D eigenvalue weighted by Gasteiger charge is 2.20. The first-order valence-electron chi connectivity index (χ1n) is 8.18. The van der Waals surface area contributed by atoms with Crippen LogP contribution in [0.2, 0.25) is 0 Å². The van der Waals surface area contributed by atoms with Crippen LogP contribution in [0.4, 0.5) is 0 Å². The van der Waals surface area contributed by atoms with Crippen molar-refractivity contribution in [2.75, 3.05) is 45.9 Å². The molecule has 0 saturated heterocycles. The first-order valence-corrected chi connectivity index (χ1v) is 8.18. The summed E-state index contributed by atoms with van der Waals surface area (Å²) in [5.74, 6) is -3.63. The summed E-state index contributed by atoms with van der Waals surface area (Å²) in [4.78, 5) is 42.1. The summed E-state index contributed by atoms with van der Waals surface area (Å²) < 4.78 is 0. The van der Waals surface area contributed by atoms with E-state index in [1.807, 2.05) is 0 Å². The summed E-state index contributed by atoms with van der Waals surface area (Å²) >= 11 is 0. The Morgan fingerprint density at radius 1 is 0.926 bits per heavy atom. The van der Waals surface area contributed by atoms with Crippen LogP contribution in [0.5, 0.6) is 0 Å². The van der Waals surface area contributed by atoms with Crippen LogP contribution in [0.1, 0.15) is 12.8 Å². The van der Waals surface area contributed by atoms with Gasteiger partial charge in [-0.25, -0.2) is 9.78 Å². The maximum atomic E-state index is 11.0. The molecule has 0 rings (SSSR count). The van der Waals surface area contributed by atoms with E-state index in [1.165, 1.54) is 4.90 Å². The Labute approximate surface area is 155 Å². The van der Waals surface area contributed by atoms with Gasteiger partial charge in [-0.3, -0.25) is 29.8 Å². The van der Waals surface area contributed by atoms with Gasteiger partial charge in [0.2, 0.25) is 0 Å². The van der Waals surface area contributed by atoms with E-state index in [1.54, 1.807) is 0 Å². The monoisotopic (exact) mass is 397 g/mol. The molecule has 0 radical (unpaired) electrons. The molecule has 27 heavy (non-hydrogen) atoms. The van der Waals surface area contributed by atoms with Crippen molar-refractivity contribution in [1.82, 2.24) is 15.5 Å². The van der Waals surface area contributed by atoms with Crippen molar-refractivity contribution in [3.05, 3.63) is 0 Å². The van der Waals surface area contributed by atoms with Crippen LogP contribution in [0.25, 0.3) is 0 Å². The minimum atomic E-state index is -1.30. The van der Waals surface area contributed by atoms with Gasteiger partial charge in [0.15, 0.2) is 0 Å². The van der Waals surface area contributed by atoms with Gasteiger partial charge in [0.25, 0.3) is 0 Å². The second kappa shape index (κ2) is 15.2. The number of hydrogen-bond acceptors (Lipinski definition) is 10. The van der Waals surface area contributed by atoms with E-state index in [2.05, 4.69) is 20.4 Å². The van der Waals surface area contributed by atoms with Crippen molar-refractivity contribution in [2.45, 2.75) is 24.9 Å². The number of carboxylic acids is 3. The lowest BCUT2D eigenvalue weighted by Gasteiger charge is -2.23. The molecule has 0 aromatic carbocycles. The van der Waals surface area contributed by atoms with Crippen molar-refractivity contribution >= 4 is 17.9 Å². The highest BCUT2D eigenvalue weighted by molar-refractivity contribution is 5.80. The third-order valence-corrected chi connectivity index (χ3v) is 3.55. The molecule has 0 saturated carbocycles. The second-order valence-electron chi connectivity index (χ2n) is 5.68. The number of nitrogens with zero attached hydrogens (tertiary/aromatic N) is 1. The summed E-state index contributed by atoms with van der Waals surface area (Å²) in [6.45, 7) is 0.540. The Morgan fingerprint density at radius 2 is 1.56 bits per heavy atom. The Kier molecular flexibility index (Phi) is 14.2. The van der Waals surface area contributed by atoms with E-state index >= 15 is 0 Å². The molecule has 0 bridgehead atoms. The zero-order valence-electron chi connectivity index (χ0n) is 14.7. The molecule has 13 heteroatoms. The highest BCUT2D eigenvalue weighted by Crippen LogP contribution is 1.96. The van der Waals surface area contributed by atoms with E-state index in [9.17, 15) is 14.4 Å². The third kappa shape index (κ3) is 13.9. The topological polar surface area (TPSA) is 198 Å². The maximum Gasteiger partial charge on any atom is 0.321 e. The molecule has 13 nitrogen and oxygen atoms in total. The van der Waals surface area contributed by atoms with Gasteiger partial charge in [0, 0.05) is 32.2 Å². The van der Waals surface area contributed by atoms with Gasteiger partial charge in [0.05, 0.1) is 26.2 Å². The van der Waals surface area contributed by atoms with Gasteiger partial charge in [0.1, 0.15) is 6.04 Å². The van der Waals surface area contributed by atoms with Gasteiger partial charge < -0.3 is 26.0 Å². The summed E-state index contributed by atoms with van der Waals surface area (Å²) in [6, 6.07) is -1.60. The minimum absolute atomic E-state index is 0.0178. The predicted octanol–water partition coefficient (Wildman–Crippen LogP) is -1.78. The molecule has 7 N–H and O–H groups in total. The van der Waals surface area contributed by atoms with E-state index in [-0.39, 0.29) is 45.4 Å². The molecule has 2 atom stereocenters. The zero-order valence-corrected chi connectivity index (χ0v) is 14.7. The van der Waals surface area contributed by atoms with Gasteiger partial charge in [-0.1, -0.05) is 0 Å². The Hall–Kier alpha value is -1.87. The maximum absolute atomic E-state index is 11.0. The molecule has 0 aromatic rings. The molecular weight excluding hydrogens is 370 g/mol. The van der Waals surface area contributed by atoms with Crippen molar-refractivity contribution < 1.29 is 50.0 Å². The molecule has 0 aromatic heterocycles. The molecular formula is C14H27N3O10. The average Bonchev–Trinajstić information content (AvgIpc) is 2.57. The van der Waals surface area contributed by atoms with Gasteiger partial charge in [-0.2, -0.15) is 0 Å². The van der Waals surface area contributed by atoms with Crippen LogP contribution >= 0.6 is 0 Å². The number of carbonyl (C=O) groups is 3. The van der Waals surface area contributed by atoms with Gasteiger partial charge in [-0.15, -0.1) is 0 Å². The second-order valence-corrected chi connectivity index (χ2v) is 5.68. The third-order valence-electron chi connectivity index (χ3n) is 3.55. The fraction of sp³-hybridized carbons (Fsp3) is 0.786. The molecule has 0 amide bonds. The summed E-state index contributed by atoms with van der Waals surface area (Å²) in [5.41, 5.74) is 0. The first-order chi connectivity index (χ1) is 12.8. The van der Waals surface area contributed by atoms with E-state index < -0.39 is 30.4 Å². The van der Waals surface area contributed by atoms with Crippen LogP contribution in [0.15, 0.2) is 0 Å². The molecule has 0 heterocycles. The standard InChI is InChI=1S/C14H27N3O10/c18-12(19)7-11(14(22)23)16-3-5-17(8-13(20)21)4-2-15-10(9-27-25)1-6-26-24/h10-11,15-16,24-25H,1-9H2,(H,18,19)(H,20,21)(H,22,23). The molecule has 0 aliphatic rings. The largest absolute Gasteiger partial charge is 0.481 e. The first kappa shape index (κ1) is 25.1. The summed E-state index contributed by atoms with van der Waals surface area (Å²) in [7, 11) is 0. The predicted molar refractivity (Wildman–Crippen MR) is 89.3 cm³/mol. The van der Waals surface area contributed by atoms with E-state index in [4.69, 9.17) is 25.8 Å². The highest BCUT2D eigenvalue weighted by atomic mass is 17.1. The van der Waals surface area contributed by atoms with Crippen LogP contribution in [-0.4, -0.2) is 107 Å². The fourth-order valence-corrected chi connectivity index (χ4v) is 2.24. The minimum Gasteiger partial charge on any atom is -0.481 e. The van der Waals surface area contributed by atoms with Crippen molar-refractivity contribution in [3.8, 4) is 0 Å². The van der Waals surface area contributed by atoms with Crippen molar-refractivity contribution in [3.63, 3.8) is 0 Å². The lowest BCUT2D eigenvalue weighted by molar-refractivity contribution is -0.257.